The van der Waals surface area contributed by atoms with E-state index < -0.39 is 0 Å². The van der Waals surface area contributed by atoms with Gasteiger partial charge >= 0.3 is 0 Å². The van der Waals surface area contributed by atoms with Crippen molar-refractivity contribution in [1.29, 1.82) is 0 Å². The van der Waals surface area contributed by atoms with E-state index in [1.54, 1.807) is 0 Å². The number of anilines is 3. The van der Waals surface area contributed by atoms with Gasteiger partial charge in [0.05, 0.1) is 11.0 Å². The predicted octanol–water partition coefficient (Wildman–Crippen LogP) is 15.2. The summed E-state index contributed by atoms with van der Waals surface area (Å²) in [7, 11) is 0. The molecule has 1 aromatic heterocycles. The Morgan fingerprint density at radius 1 is 0.456 bits per heavy atom. The Morgan fingerprint density at radius 3 is 1.81 bits per heavy atom. The van der Waals surface area contributed by atoms with Crippen molar-refractivity contribution in [2.24, 2.45) is 5.92 Å². The molecule has 1 atom stereocenters. The Hall–Kier alpha value is -7.16. The van der Waals surface area contributed by atoms with Gasteiger partial charge in [-0.05, 0) is 124 Å². The van der Waals surface area contributed by atoms with Crippen molar-refractivity contribution >= 4 is 44.4 Å². The fraction of sp³-hybridized carbons (Fsp3) is 0.0545. The third-order valence-electron chi connectivity index (χ3n) is 11.4. The zero-order chi connectivity index (χ0) is 38.1. The first-order valence-corrected chi connectivity index (χ1v) is 19.9. The molecule has 8 aromatic carbocycles. The normalized spacial score (nSPS) is 13.8. The highest BCUT2D eigenvalue weighted by Gasteiger charge is 2.19. The smallest absolute Gasteiger partial charge is 0.0547 e. The van der Waals surface area contributed by atoms with Gasteiger partial charge in [0.15, 0.2) is 0 Å². The number of para-hydroxylation sites is 2. The molecule has 0 radical (unpaired) electrons. The van der Waals surface area contributed by atoms with Gasteiger partial charge in [-0.3, -0.25) is 0 Å². The summed E-state index contributed by atoms with van der Waals surface area (Å²) in [5, 5.41) is 2.50. The molecule has 10 rings (SSSR count). The van der Waals surface area contributed by atoms with Crippen molar-refractivity contribution in [2.75, 3.05) is 4.90 Å². The van der Waals surface area contributed by atoms with Crippen LogP contribution in [0.3, 0.4) is 0 Å². The summed E-state index contributed by atoms with van der Waals surface area (Å²) in [5.41, 5.74) is 16.8. The van der Waals surface area contributed by atoms with Crippen LogP contribution in [0.2, 0.25) is 0 Å². The maximum Gasteiger partial charge on any atom is 0.0547 e. The van der Waals surface area contributed by atoms with Crippen molar-refractivity contribution in [1.82, 2.24) is 4.57 Å². The average Bonchev–Trinajstić information content (AvgIpc) is 3.62. The number of nitrogens with zero attached hydrogens (tertiary/aromatic N) is 2. The van der Waals surface area contributed by atoms with Gasteiger partial charge in [-0.25, -0.2) is 0 Å². The van der Waals surface area contributed by atoms with Crippen molar-refractivity contribution < 1.29 is 0 Å². The lowest BCUT2D eigenvalue weighted by Gasteiger charge is -2.27. The number of rotatable bonds is 8. The van der Waals surface area contributed by atoms with Crippen molar-refractivity contribution in [3.63, 3.8) is 0 Å². The third-order valence-corrected chi connectivity index (χ3v) is 11.4. The number of fused-ring (bicyclic) bond motifs is 3. The lowest BCUT2D eigenvalue weighted by molar-refractivity contribution is 0.758. The summed E-state index contributed by atoms with van der Waals surface area (Å²) in [5.74, 6) is 0.512. The Morgan fingerprint density at radius 2 is 1.04 bits per heavy atom. The number of aromatic nitrogens is 1. The van der Waals surface area contributed by atoms with Crippen LogP contribution in [0.5, 0.6) is 0 Å². The molecule has 0 N–H and O–H groups in total. The van der Waals surface area contributed by atoms with Crippen LogP contribution in [0, 0.1) is 5.92 Å². The molecule has 0 bridgehead atoms. The second kappa shape index (κ2) is 14.8. The number of benzene rings is 8. The monoisotopic (exact) mass is 730 g/mol. The number of hydrogen-bond acceptors (Lipinski definition) is 1. The maximum absolute atomic E-state index is 2.39. The van der Waals surface area contributed by atoms with Gasteiger partial charge < -0.3 is 9.47 Å². The summed E-state index contributed by atoms with van der Waals surface area (Å²) in [4.78, 5) is 2.39. The first kappa shape index (κ1) is 34.3. The van der Waals surface area contributed by atoms with Gasteiger partial charge in [0.25, 0.3) is 0 Å². The van der Waals surface area contributed by atoms with Gasteiger partial charge in [-0.15, -0.1) is 0 Å². The Labute approximate surface area is 334 Å². The van der Waals surface area contributed by atoms with Crippen LogP contribution < -0.4 is 4.90 Å². The number of hydrogen-bond donors (Lipinski definition) is 0. The van der Waals surface area contributed by atoms with Crippen LogP contribution in [0.1, 0.15) is 18.9 Å². The van der Waals surface area contributed by atoms with E-state index in [1.165, 1.54) is 66.3 Å². The third kappa shape index (κ3) is 6.46. The fourth-order valence-corrected chi connectivity index (χ4v) is 8.64. The zero-order valence-corrected chi connectivity index (χ0v) is 32.0. The molecule has 2 nitrogen and oxygen atoms in total. The maximum atomic E-state index is 2.39. The highest BCUT2D eigenvalue weighted by atomic mass is 15.1. The van der Waals surface area contributed by atoms with E-state index in [9.17, 15) is 0 Å². The van der Waals surface area contributed by atoms with Gasteiger partial charge in [0.1, 0.15) is 0 Å². The Kier molecular flexibility index (Phi) is 8.93. The molecule has 1 aliphatic carbocycles. The van der Waals surface area contributed by atoms with Crippen LogP contribution in [-0.4, -0.2) is 4.57 Å². The predicted molar refractivity (Wildman–Crippen MR) is 243 cm³/mol. The van der Waals surface area contributed by atoms with E-state index in [1.807, 2.05) is 0 Å². The van der Waals surface area contributed by atoms with E-state index in [4.69, 9.17) is 0 Å². The molecule has 272 valence electrons. The first-order valence-electron chi connectivity index (χ1n) is 19.9. The molecule has 57 heavy (non-hydrogen) atoms. The number of allylic oxidation sites excluding steroid dienone is 4. The van der Waals surface area contributed by atoms with Gasteiger partial charge in [0.2, 0.25) is 0 Å². The van der Waals surface area contributed by atoms with E-state index in [-0.39, 0.29) is 0 Å². The van der Waals surface area contributed by atoms with E-state index in [2.05, 4.69) is 235 Å². The molecule has 1 heterocycles. The van der Waals surface area contributed by atoms with Crippen molar-refractivity contribution in [2.45, 2.75) is 13.3 Å². The second-order valence-corrected chi connectivity index (χ2v) is 15.0. The quantitative estimate of drug-likeness (QED) is 0.151. The minimum Gasteiger partial charge on any atom is -0.310 e. The lowest BCUT2D eigenvalue weighted by Crippen LogP contribution is -2.10. The van der Waals surface area contributed by atoms with E-state index in [0.717, 1.165) is 29.2 Å². The van der Waals surface area contributed by atoms with Crippen molar-refractivity contribution in [3.05, 3.63) is 224 Å². The molecular formula is C55H42N2. The molecule has 0 fully saturated rings. The van der Waals surface area contributed by atoms with Crippen LogP contribution >= 0.6 is 0 Å². The van der Waals surface area contributed by atoms with Crippen LogP contribution in [0.4, 0.5) is 17.1 Å². The largest absolute Gasteiger partial charge is 0.310 e. The summed E-state index contributed by atoms with van der Waals surface area (Å²) in [6.07, 6.45) is 7.81. The molecule has 0 aliphatic heterocycles. The minimum atomic E-state index is 0.512. The molecular weight excluding hydrogens is 689 g/mol. The second-order valence-electron chi connectivity index (χ2n) is 15.0. The topological polar surface area (TPSA) is 8.17 Å². The van der Waals surface area contributed by atoms with E-state index in [0.29, 0.717) is 5.92 Å². The molecule has 0 spiro atoms. The summed E-state index contributed by atoms with van der Waals surface area (Å²) in [6.45, 7) is 2.32. The highest BCUT2D eigenvalue weighted by molar-refractivity contribution is 6.16. The van der Waals surface area contributed by atoms with E-state index >= 15 is 0 Å². The first-order chi connectivity index (χ1) is 28.2. The fourth-order valence-electron chi connectivity index (χ4n) is 8.64. The zero-order valence-electron chi connectivity index (χ0n) is 32.0. The SMILES string of the molecule is CC1CC=CC=C1c1cccc(-c2ccc(N(c3cccc(-c4ccccc4)c3)c3cccc(-c4cccc5c4c4ccccc4n5-c4ccccc4)c3)cc2)c1. The highest BCUT2D eigenvalue weighted by Crippen LogP contribution is 2.42. The summed E-state index contributed by atoms with van der Waals surface area (Å²) in [6, 6.07) is 72.8. The molecule has 1 aliphatic rings. The minimum absolute atomic E-state index is 0.512. The molecule has 2 heteroatoms. The van der Waals surface area contributed by atoms with Gasteiger partial charge in [-0.2, -0.15) is 0 Å². The average molecular weight is 731 g/mol. The molecule has 9 aromatic rings. The lowest BCUT2D eigenvalue weighted by atomic mass is 9.87. The van der Waals surface area contributed by atoms with Crippen molar-refractivity contribution in [3.8, 4) is 39.1 Å². The van der Waals surface area contributed by atoms with Gasteiger partial charge in [0, 0.05) is 33.5 Å². The van der Waals surface area contributed by atoms with Gasteiger partial charge in [-0.1, -0.05) is 159 Å². The standard InChI is InChI=1S/C55H42N2/c1-39-16-8-9-27-50(39)44-21-12-19-42(36-44)41-32-34-47(35-33-41)56(48-25-13-20-43(37-48)40-17-4-2-5-18-40)49-26-14-22-45(38-49)51-29-15-31-54-55(51)52-28-10-11-30-53(52)57(54)46-23-6-3-7-24-46/h2-15,17-39H,16H2,1H3. The summed E-state index contributed by atoms with van der Waals surface area (Å²) < 4.78 is 2.39. The molecule has 0 saturated carbocycles. The Balaban J connectivity index is 1.10. The molecule has 1 unspecified atom stereocenters. The Bertz CT molecular complexity index is 2930. The summed E-state index contributed by atoms with van der Waals surface area (Å²) >= 11 is 0. The van der Waals surface area contributed by atoms with Crippen LogP contribution in [0.15, 0.2) is 218 Å². The molecule has 0 amide bonds. The van der Waals surface area contributed by atoms with Crippen LogP contribution in [0.25, 0.3) is 66.4 Å². The van der Waals surface area contributed by atoms with Crippen LogP contribution in [-0.2, 0) is 0 Å². The molecule has 0 saturated heterocycles.